The van der Waals surface area contributed by atoms with Crippen LogP contribution >= 0.6 is 0 Å². The summed E-state index contributed by atoms with van der Waals surface area (Å²) in [5, 5.41) is 0. The number of ether oxygens (including phenoxy) is 5. The molecule has 1 unspecified atom stereocenters. The Morgan fingerprint density at radius 1 is 0.963 bits per heavy atom. The minimum atomic E-state index is -0.952. The second-order valence-electron chi connectivity index (χ2n) is 6.74. The lowest BCUT2D eigenvalue weighted by atomic mass is 9.85. The van der Waals surface area contributed by atoms with Gasteiger partial charge in [0.1, 0.15) is 18.3 Å². The summed E-state index contributed by atoms with van der Waals surface area (Å²) in [5.74, 6) is -2.79. The fraction of sp³-hybridized carbons (Fsp3) is 0.778. The molecule has 1 rings (SSSR count). The molecule has 9 heteroatoms. The summed E-state index contributed by atoms with van der Waals surface area (Å²) >= 11 is 0. The average Bonchev–Trinajstić information content (AvgIpc) is 2.52. The highest BCUT2D eigenvalue weighted by Crippen LogP contribution is 2.33. The fourth-order valence-corrected chi connectivity index (χ4v) is 3.02. The van der Waals surface area contributed by atoms with Crippen LogP contribution in [0.25, 0.3) is 0 Å². The Labute approximate surface area is 158 Å². The van der Waals surface area contributed by atoms with E-state index in [1.165, 1.54) is 27.7 Å². The minimum absolute atomic E-state index is 0.0102. The van der Waals surface area contributed by atoms with Crippen molar-refractivity contribution in [1.29, 1.82) is 0 Å². The minimum Gasteiger partial charge on any atom is -0.465 e. The molecule has 154 valence electrons. The Bertz CT molecular complexity index is 559. The van der Waals surface area contributed by atoms with Crippen LogP contribution in [-0.4, -0.2) is 55.1 Å². The van der Waals surface area contributed by atoms with Crippen molar-refractivity contribution in [2.24, 2.45) is 11.8 Å². The van der Waals surface area contributed by atoms with Crippen LogP contribution in [0.5, 0.6) is 0 Å². The molecule has 0 saturated carbocycles. The maximum Gasteiger partial charge on any atom is 0.304 e. The molecule has 0 bridgehead atoms. The second-order valence-corrected chi connectivity index (χ2v) is 6.74. The molecule has 1 aliphatic heterocycles. The fourth-order valence-electron chi connectivity index (χ4n) is 3.02. The van der Waals surface area contributed by atoms with Gasteiger partial charge in [-0.1, -0.05) is 13.8 Å². The Morgan fingerprint density at radius 3 is 2.04 bits per heavy atom. The molecule has 0 N–H and O–H groups in total. The molecule has 9 nitrogen and oxygen atoms in total. The van der Waals surface area contributed by atoms with Gasteiger partial charge in [0.15, 0.2) is 0 Å². The van der Waals surface area contributed by atoms with Crippen molar-refractivity contribution in [3.63, 3.8) is 0 Å². The van der Waals surface area contributed by atoms with Gasteiger partial charge in [0.05, 0.1) is 6.61 Å². The smallest absolute Gasteiger partial charge is 0.304 e. The van der Waals surface area contributed by atoms with E-state index >= 15 is 0 Å². The van der Waals surface area contributed by atoms with E-state index in [4.69, 9.17) is 23.7 Å². The number of carbonyl (C=O) groups is 4. The summed E-state index contributed by atoms with van der Waals surface area (Å²) in [6.07, 6.45) is -2.91. The molecule has 1 fully saturated rings. The lowest BCUT2D eigenvalue weighted by Gasteiger charge is -2.43. The molecule has 0 aromatic rings. The Hall–Kier alpha value is -2.16. The first-order valence-corrected chi connectivity index (χ1v) is 8.81. The van der Waals surface area contributed by atoms with Gasteiger partial charge in [-0.2, -0.15) is 0 Å². The highest BCUT2D eigenvalue weighted by atomic mass is 16.7. The van der Waals surface area contributed by atoms with Crippen molar-refractivity contribution < 1.29 is 42.9 Å². The summed E-state index contributed by atoms with van der Waals surface area (Å²) in [5.41, 5.74) is 0. The summed E-state index contributed by atoms with van der Waals surface area (Å²) < 4.78 is 26.8. The monoisotopic (exact) mass is 388 g/mol. The Morgan fingerprint density at radius 2 is 1.56 bits per heavy atom. The van der Waals surface area contributed by atoms with Crippen LogP contribution < -0.4 is 0 Å². The predicted octanol–water partition coefficient (Wildman–Crippen LogP) is 1.36. The van der Waals surface area contributed by atoms with Gasteiger partial charge in [0.25, 0.3) is 0 Å². The van der Waals surface area contributed by atoms with Gasteiger partial charge >= 0.3 is 23.9 Å². The van der Waals surface area contributed by atoms with Crippen LogP contribution in [-0.2, 0) is 42.9 Å². The van der Waals surface area contributed by atoms with Gasteiger partial charge < -0.3 is 23.7 Å². The largest absolute Gasteiger partial charge is 0.465 e. The Kier molecular flexibility index (Phi) is 8.68. The SMILES string of the molecule is CC(=O)OC[C@@H](C)[C@@H](OC(C)=O)[C@@H]1OC(OC(C)=O)C[C@H](OC(C)=O)[C@H]1C. The zero-order valence-corrected chi connectivity index (χ0v) is 16.6. The van der Waals surface area contributed by atoms with Gasteiger partial charge in [-0.15, -0.1) is 0 Å². The first-order valence-electron chi connectivity index (χ1n) is 8.81. The van der Waals surface area contributed by atoms with Crippen LogP contribution in [0.1, 0.15) is 48.0 Å². The molecule has 1 saturated heterocycles. The first-order chi connectivity index (χ1) is 12.5. The first kappa shape index (κ1) is 22.9. The van der Waals surface area contributed by atoms with E-state index in [1.807, 2.05) is 0 Å². The third-order valence-corrected chi connectivity index (χ3v) is 4.19. The average molecular weight is 388 g/mol. The van der Waals surface area contributed by atoms with E-state index in [1.54, 1.807) is 13.8 Å². The van der Waals surface area contributed by atoms with E-state index in [2.05, 4.69) is 0 Å². The van der Waals surface area contributed by atoms with Crippen LogP contribution in [0.15, 0.2) is 0 Å². The van der Waals surface area contributed by atoms with Gasteiger partial charge in [0, 0.05) is 46.0 Å². The molecule has 0 spiro atoms. The number of rotatable bonds is 7. The highest BCUT2D eigenvalue weighted by Gasteiger charge is 2.46. The van der Waals surface area contributed by atoms with Crippen molar-refractivity contribution >= 4 is 23.9 Å². The number of esters is 4. The third-order valence-electron chi connectivity index (χ3n) is 4.19. The molecule has 1 heterocycles. The van der Waals surface area contributed by atoms with Crippen molar-refractivity contribution in [2.75, 3.05) is 6.61 Å². The Balaban J connectivity index is 3.08. The van der Waals surface area contributed by atoms with E-state index < -0.39 is 54.4 Å². The topological polar surface area (TPSA) is 114 Å². The molecule has 0 aromatic carbocycles. The number of carbonyl (C=O) groups excluding carboxylic acids is 4. The van der Waals surface area contributed by atoms with E-state index in [9.17, 15) is 19.2 Å². The maximum atomic E-state index is 11.6. The molecule has 6 atom stereocenters. The third kappa shape index (κ3) is 7.54. The lowest BCUT2D eigenvalue weighted by molar-refractivity contribution is -0.257. The maximum absolute atomic E-state index is 11.6. The van der Waals surface area contributed by atoms with Crippen LogP contribution in [0.3, 0.4) is 0 Å². The molecular weight excluding hydrogens is 360 g/mol. The molecule has 0 radical (unpaired) electrons. The second kappa shape index (κ2) is 10.2. The highest BCUT2D eigenvalue weighted by molar-refractivity contribution is 5.67. The van der Waals surface area contributed by atoms with Crippen LogP contribution in [0.2, 0.25) is 0 Å². The van der Waals surface area contributed by atoms with E-state index in [0.29, 0.717) is 0 Å². The predicted molar refractivity (Wildman–Crippen MR) is 91.1 cm³/mol. The van der Waals surface area contributed by atoms with Crippen molar-refractivity contribution in [2.45, 2.75) is 72.6 Å². The number of hydrogen-bond donors (Lipinski definition) is 0. The molecule has 0 aliphatic carbocycles. The van der Waals surface area contributed by atoms with Gasteiger partial charge in [-0.3, -0.25) is 19.2 Å². The lowest BCUT2D eigenvalue weighted by Crippen LogP contribution is -2.54. The molecule has 0 aromatic heterocycles. The standard InChI is InChI=1S/C18H28O9/c1-9(8-23-11(3)19)17(26-14(6)22)18-10(2)15(24-12(4)20)7-16(27-18)25-13(5)21/h9-10,15-18H,7-8H2,1-6H3/t9-,10-,15+,16?,17-,18-/m1/s1. The summed E-state index contributed by atoms with van der Waals surface area (Å²) in [7, 11) is 0. The quantitative estimate of drug-likeness (QED) is 0.471. The van der Waals surface area contributed by atoms with Gasteiger partial charge in [-0.05, 0) is 0 Å². The molecule has 27 heavy (non-hydrogen) atoms. The zero-order valence-electron chi connectivity index (χ0n) is 16.6. The normalized spacial score (nSPS) is 27.0. The summed E-state index contributed by atoms with van der Waals surface area (Å²) in [6.45, 7) is 8.60. The van der Waals surface area contributed by atoms with E-state index in [0.717, 1.165) is 0 Å². The zero-order chi connectivity index (χ0) is 20.7. The summed E-state index contributed by atoms with van der Waals surface area (Å²) in [4.78, 5) is 45.5. The van der Waals surface area contributed by atoms with Gasteiger partial charge in [-0.25, -0.2) is 0 Å². The van der Waals surface area contributed by atoms with Crippen molar-refractivity contribution in [1.82, 2.24) is 0 Å². The van der Waals surface area contributed by atoms with Gasteiger partial charge in [0.2, 0.25) is 6.29 Å². The molecule has 0 amide bonds. The van der Waals surface area contributed by atoms with E-state index in [-0.39, 0.29) is 18.9 Å². The van der Waals surface area contributed by atoms with Crippen LogP contribution in [0, 0.1) is 11.8 Å². The molecule has 1 aliphatic rings. The summed E-state index contributed by atoms with van der Waals surface area (Å²) in [6, 6.07) is 0. The van der Waals surface area contributed by atoms with Crippen molar-refractivity contribution in [3.05, 3.63) is 0 Å². The van der Waals surface area contributed by atoms with Crippen LogP contribution in [0.4, 0.5) is 0 Å². The number of hydrogen-bond acceptors (Lipinski definition) is 9. The van der Waals surface area contributed by atoms with Crippen molar-refractivity contribution in [3.8, 4) is 0 Å². The molecular formula is C18H28O9.